The van der Waals surface area contributed by atoms with Gasteiger partial charge in [-0.2, -0.15) is 4.57 Å². The zero-order valence-corrected chi connectivity index (χ0v) is 10.5. The molecular weight excluding hydrogens is 204 g/mol. The maximum Gasteiger partial charge on any atom is 0.228 e. The molecule has 1 aromatic rings. The van der Waals surface area contributed by atoms with E-state index in [1.807, 2.05) is 36.7 Å². The molecule has 16 heavy (non-hydrogen) atoms. The molecule has 0 saturated heterocycles. The number of ether oxygens (including phenoxy) is 1. The van der Waals surface area contributed by atoms with Crippen LogP contribution in [0.1, 0.15) is 12.6 Å². The van der Waals surface area contributed by atoms with Gasteiger partial charge in [-0.25, -0.2) is 0 Å². The third kappa shape index (κ3) is 3.10. The van der Waals surface area contributed by atoms with Crippen LogP contribution in [-0.4, -0.2) is 37.3 Å². The van der Waals surface area contributed by atoms with Gasteiger partial charge in [-0.1, -0.05) is 0 Å². The Labute approximate surface area is 97.1 Å². The molecule has 0 aliphatic heterocycles. The van der Waals surface area contributed by atoms with E-state index in [0.717, 1.165) is 18.8 Å². The highest BCUT2D eigenvalue weighted by atomic mass is 16.5. The fourth-order valence-corrected chi connectivity index (χ4v) is 1.52. The second kappa shape index (κ2) is 5.70. The highest BCUT2D eigenvalue weighted by Gasteiger charge is 2.16. The van der Waals surface area contributed by atoms with Gasteiger partial charge in [-0.15, -0.1) is 0 Å². The van der Waals surface area contributed by atoms with Gasteiger partial charge in [0.2, 0.25) is 11.4 Å². The van der Waals surface area contributed by atoms with Crippen molar-refractivity contribution in [3.05, 3.63) is 18.0 Å². The number of aromatic nitrogens is 1. The van der Waals surface area contributed by atoms with E-state index in [2.05, 4.69) is 6.92 Å². The molecule has 1 N–H and O–H groups in total. The number of hydrogen-bond acceptors (Lipinski definition) is 3. The third-order valence-corrected chi connectivity index (χ3v) is 2.53. The number of aromatic hydroxyl groups is 1. The van der Waals surface area contributed by atoms with Crippen LogP contribution in [0.2, 0.25) is 0 Å². The second-order valence-electron chi connectivity index (χ2n) is 4.05. The molecule has 90 valence electrons. The lowest BCUT2D eigenvalue weighted by molar-refractivity contribution is -0.699. The number of aryl methyl sites for hydroxylation is 1. The molecule has 0 spiro atoms. The van der Waals surface area contributed by atoms with E-state index in [1.165, 1.54) is 0 Å². The maximum absolute atomic E-state index is 9.72. The van der Waals surface area contributed by atoms with Gasteiger partial charge in [-0.05, 0) is 21.0 Å². The van der Waals surface area contributed by atoms with E-state index in [0.29, 0.717) is 12.4 Å². The fraction of sp³-hybridized carbons (Fsp3) is 0.583. The van der Waals surface area contributed by atoms with Gasteiger partial charge in [0, 0.05) is 19.5 Å². The Morgan fingerprint density at radius 3 is 2.69 bits per heavy atom. The van der Waals surface area contributed by atoms with Crippen LogP contribution in [0.25, 0.3) is 0 Å². The first-order valence-electron chi connectivity index (χ1n) is 5.55. The first kappa shape index (κ1) is 12.8. The third-order valence-electron chi connectivity index (χ3n) is 2.53. The summed E-state index contributed by atoms with van der Waals surface area (Å²) in [4.78, 5) is 2.04. The van der Waals surface area contributed by atoms with Gasteiger partial charge in [0.1, 0.15) is 13.2 Å². The summed E-state index contributed by atoms with van der Waals surface area (Å²) in [5.74, 6) is 0.798. The van der Waals surface area contributed by atoms with E-state index in [9.17, 15) is 5.11 Å². The molecule has 0 aliphatic carbocycles. The highest BCUT2D eigenvalue weighted by molar-refractivity contribution is 5.38. The molecule has 0 radical (unpaired) electrons. The SMILES string of the molecule is CC[n+]1ccc(O)c(OCCN(C)C)c1C. The Bertz CT molecular complexity index is 351. The first-order chi connectivity index (χ1) is 7.56. The molecule has 0 bridgehead atoms. The zero-order valence-electron chi connectivity index (χ0n) is 10.5. The summed E-state index contributed by atoms with van der Waals surface area (Å²) in [5, 5.41) is 9.72. The molecule has 0 saturated carbocycles. The monoisotopic (exact) mass is 225 g/mol. The summed E-state index contributed by atoms with van der Waals surface area (Å²) in [5.41, 5.74) is 0.959. The molecule has 0 fully saturated rings. The number of nitrogens with zero attached hydrogens (tertiary/aromatic N) is 2. The summed E-state index contributed by atoms with van der Waals surface area (Å²) < 4.78 is 7.65. The largest absolute Gasteiger partial charge is 0.504 e. The molecule has 4 nitrogen and oxygen atoms in total. The lowest BCUT2D eigenvalue weighted by Crippen LogP contribution is -2.35. The second-order valence-corrected chi connectivity index (χ2v) is 4.05. The molecule has 0 amide bonds. The van der Waals surface area contributed by atoms with Crippen LogP contribution < -0.4 is 9.30 Å². The molecular formula is C12H21N2O2+. The van der Waals surface area contributed by atoms with Crippen LogP contribution in [0.3, 0.4) is 0 Å². The van der Waals surface area contributed by atoms with Crippen LogP contribution in [0.15, 0.2) is 12.3 Å². The molecule has 4 heteroatoms. The quantitative estimate of drug-likeness (QED) is 0.758. The van der Waals surface area contributed by atoms with Crippen LogP contribution in [0.4, 0.5) is 0 Å². The normalized spacial score (nSPS) is 10.8. The highest BCUT2D eigenvalue weighted by Crippen LogP contribution is 2.26. The molecule has 0 aromatic carbocycles. The zero-order chi connectivity index (χ0) is 12.1. The Balaban J connectivity index is 2.77. The minimum Gasteiger partial charge on any atom is -0.504 e. The average molecular weight is 225 g/mol. The topological polar surface area (TPSA) is 36.6 Å². The summed E-state index contributed by atoms with van der Waals surface area (Å²) in [6.07, 6.45) is 1.86. The van der Waals surface area contributed by atoms with Gasteiger partial charge in [0.15, 0.2) is 11.9 Å². The number of hydrogen-bond donors (Lipinski definition) is 1. The minimum absolute atomic E-state index is 0.209. The standard InChI is InChI=1S/C12H20N2O2/c1-5-14-7-6-11(15)12(10(14)2)16-9-8-13(3)4/h6-7H,5,8-9H2,1-4H3/p+1. The van der Waals surface area contributed by atoms with Crippen molar-refractivity contribution < 1.29 is 14.4 Å². The smallest absolute Gasteiger partial charge is 0.228 e. The molecule has 1 heterocycles. The van der Waals surface area contributed by atoms with Crippen molar-refractivity contribution in [2.24, 2.45) is 0 Å². The van der Waals surface area contributed by atoms with Gasteiger partial charge in [0.25, 0.3) is 0 Å². The maximum atomic E-state index is 9.72. The first-order valence-corrected chi connectivity index (χ1v) is 5.55. The van der Waals surface area contributed by atoms with Crippen molar-refractivity contribution in [1.29, 1.82) is 0 Å². The van der Waals surface area contributed by atoms with Crippen molar-refractivity contribution in [1.82, 2.24) is 4.90 Å². The predicted molar refractivity (Wildman–Crippen MR) is 62.8 cm³/mol. The van der Waals surface area contributed by atoms with Crippen LogP contribution in [0, 0.1) is 6.92 Å². The van der Waals surface area contributed by atoms with Gasteiger partial charge < -0.3 is 14.7 Å². The van der Waals surface area contributed by atoms with Crippen molar-refractivity contribution in [3.8, 4) is 11.5 Å². The van der Waals surface area contributed by atoms with Crippen LogP contribution in [-0.2, 0) is 6.54 Å². The van der Waals surface area contributed by atoms with Gasteiger partial charge in [0.05, 0.1) is 0 Å². The Hall–Kier alpha value is -1.29. The van der Waals surface area contributed by atoms with Gasteiger partial charge >= 0.3 is 0 Å². The lowest BCUT2D eigenvalue weighted by Gasteiger charge is -2.12. The van der Waals surface area contributed by atoms with Crippen LogP contribution >= 0.6 is 0 Å². The van der Waals surface area contributed by atoms with E-state index < -0.39 is 0 Å². The van der Waals surface area contributed by atoms with Crippen molar-refractivity contribution in [2.75, 3.05) is 27.2 Å². The molecule has 0 aliphatic rings. The van der Waals surface area contributed by atoms with Crippen LogP contribution in [0.5, 0.6) is 11.5 Å². The lowest BCUT2D eigenvalue weighted by atomic mass is 10.3. The van der Waals surface area contributed by atoms with E-state index in [-0.39, 0.29) is 5.75 Å². The van der Waals surface area contributed by atoms with E-state index in [1.54, 1.807) is 6.07 Å². The van der Waals surface area contributed by atoms with E-state index >= 15 is 0 Å². The Morgan fingerprint density at radius 1 is 1.44 bits per heavy atom. The summed E-state index contributed by atoms with van der Waals surface area (Å²) in [7, 11) is 3.99. The number of likely N-dealkylation sites (N-methyl/N-ethyl adjacent to an activating group) is 1. The van der Waals surface area contributed by atoms with E-state index in [4.69, 9.17) is 4.74 Å². The number of rotatable bonds is 5. The van der Waals surface area contributed by atoms with Crippen molar-refractivity contribution in [2.45, 2.75) is 20.4 Å². The predicted octanol–water partition coefficient (Wildman–Crippen LogP) is 0.948. The van der Waals surface area contributed by atoms with Crippen molar-refractivity contribution in [3.63, 3.8) is 0 Å². The average Bonchev–Trinajstić information content (AvgIpc) is 2.23. The molecule has 1 aromatic heterocycles. The summed E-state index contributed by atoms with van der Waals surface area (Å²) in [6.45, 7) is 6.30. The molecule has 0 unspecified atom stereocenters. The van der Waals surface area contributed by atoms with Gasteiger partial charge in [-0.3, -0.25) is 0 Å². The minimum atomic E-state index is 0.209. The molecule has 0 atom stereocenters. The fourth-order valence-electron chi connectivity index (χ4n) is 1.52. The summed E-state index contributed by atoms with van der Waals surface area (Å²) >= 11 is 0. The Morgan fingerprint density at radius 2 is 2.12 bits per heavy atom. The summed E-state index contributed by atoms with van der Waals surface area (Å²) in [6, 6.07) is 1.67. The molecule has 1 rings (SSSR count). The Kier molecular flexibility index (Phi) is 4.55. The number of pyridine rings is 1. The van der Waals surface area contributed by atoms with Crippen molar-refractivity contribution >= 4 is 0 Å².